The lowest BCUT2D eigenvalue weighted by Gasteiger charge is -2.36. The highest BCUT2D eigenvalue weighted by Gasteiger charge is 2.44. The second-order valence-corrected chi connectivity index (χ2v) is 8.78. The van der Waals surface area contributed by atoms with Crippen molar-refractivity contribution in [1.82, 2.24) is 14.9 Å². The van der Waals surface area contributed by atoms with Gasteiger partial charge in [0.15, 0.2) is 0 Å². The van der Waals surface area contributed by atoms with E-state index in [9.17, 15) is 0 Å². The third-order valence-electron chi connectivity index (χ3n) is 4.38. The Bertz CT molecular complexity index is 480. The molecule has 3 atom stereocenters. The van der Waals surface area contributed by atoms with Crippen molar-refractivity contribution in [3.05, 3.63) is 18.2 Å². The Kier molecular flexibility index (Phi) is 3.69. The molecule has 5 heteroatoms. The molecule has 4 nitrogen and oxygen atoms in total. The van der Waals surface area contributed by atoms with Gasteiger partial charge < -0.3 is 4.90 Å². The minimum Gasteiger partial charge on any atom is -0.363 e. The molecule has 110 valence electrons. The molecule has 1 aromatic rings. The first-order valence-electron chi connectivity index (χ1n) is 7.35. The van der Waals surface area contributed by atoms with Crippen LogP contribution >= 0.6 is 22.6 Å². The van der Waals surface area contributed by atoms with Gasteiger partial charge >= 0.3 is 0 Å². The summed E-state index contributed by atoms with van der Waals surface area (Å²) in [5.41, 5.74) is 1.21. The highest BCUT2D eigenvalue weighted by atomic mass is 127. The molecule has 0 amide bonds. The van der Waals surface area contributed by atoms with E-state index in [1.807, 2.05) is 12.4 Å². The van der Waals surface area contributed by atoms with Gasteiger partial charge in [0.05, 0.1) is 22.1 Å². The van der Waals surface area contributed by atoms with Crippen LogP contribution in [0.15, 0.2) is 12.4 Å². The Morgan fingerprint density at radius 2 is 1.85 bits per heavy atom. The molecule has 2 saturated heterocycles. The van der Waals surface area contributed by atoms with Gasteiger partial charge in [-0.15, -0.1) is 0 Å². The molecule has 2 aliphatic rings. The van der Waals surface area contributed by atoms with Crippen LogP contribution < -0.4 is 4.90 Å². The molecule has 3 rings (SSSR count). The topological polar surface area (TPSA) is 32.3 Å². The van der Waals surface area contributed by atoms with Crippen LogP contribution in [0.5, 0.6) is 0 Å². The maximum atomic E-state index is 4.56. The Balaban J connectivity index is 1.74. The largest absolute Gasteiger partial charge is 0.363 e. The normalized spacial score (nSPS) is 28.1. The number of rotatable bonds is 2. The molecule has 2 fully saturated rings. The van der Waals surface area contributed by atoms with E-state index in [1.54, 1.807) is 0 Å². The first kappa shape index (κ1) is 14.5. The van der Waals surface area contributed by atoms with Gasteiger partial charge in [-0.1, -0.05) is 43.4 Å². The molecular formula is C15H23IN4. The minimum absolute atomic E-state index is 0.0238. The molecule has 20 heavy (non-hydrogen) atoms. The highest BCUT2D eigenvalue weighted by Crippen LogP contribution is 2.36. The van der Waals surface area contributed by atoms with Crippen molar-refractivity contribution in [3.63, 3.8) is 0 Å². The van der Waals surface area contributed by atoms with Crippen LogP contribution in [-0.4, -0.2) is 44.1 Å². The molecule has 2 bridgehead atoms. The smallest absolute Gasteiger partial charge is 0.133 e. The number of alkyl halides is 1. The summed E-state index contributed by atoms with van der Waals surface area (Å²) in [5, 5.41) is 0. The number of piperazine rings is 1. The number of aromatic nitrogens is 2. The lowest BCUT2D eigenvalue weighted by molar-refractivity contribution is 0.241. The van der Waals surface area contributed by atoms with Crippen LogP contribution in [0.3, 0.4) is 0 Å². The third kappa shape index (κ3) is 2.54. The van der Waals surface area contributed by atoms with Crippen LogP contribution in [0, 0.1) is 0 Å². The van der Waals surface area contributed by atoms with Crippen molar-refractivity contribution in [2.45, 2.75) is 55.7 Å². The number of halogens is 1. The summed E-state index contributed by atoms with van der Waals surface area (Å²) in [6.45, 7) is 11.0. The van der Waals surface area contributed by atoms with Crippen LogP contribution in [-0.2, 0) is 5.41 Å². The Morgan fingerprint density at radius 3 is 2.30 bits per heavy atom. The van der Waals surface area contributed by atoms with Crippen LogP contribution in [0.1, 0.15) is 39.9 Å². The quantitative estimate of drug-likeness (QED) is 0.445. The van der Waals surface area contributed by atoms with Crippen molar-refractivity contribution >= 4 is 28.3 Å². The summed E-state index contributed by atoms with van der Waals surface area (Å²) in [7, 11) is 0. The summed E-state index contributed by atoms with van der Waals surface area (Å²) in [5.74, 6) is 0.924. The van der Waals surface area contributed by atoms with Gasteiger partial charge in [-0.05, 0) is 13.3 Å². The highest BCUT2D eigenvalue weighted by molar-refractivity contribution is 14.1. The fourth-order valence-electron chi connectivity index (χ4n) is 3.31. The van der Waals surface area contributed by atoms with E-state index in [4.69, 9.17) is 0 Å². The maximum Gasteiger partial charge on any atom is 0.133 e. The van der Waals surface area contributed by atoms with Gasteiger partial charge in [0, 0.05) is 30.6 Å². The van der Waals surface area contributed by atoms with Gasteiger partial charge in [-0.2, -0.15) is 0 Å². The standard InChI is InChI=1S/C15H23IN4/c1-10(16)19-8-12-5-11(19)9-20(12)13-6-17-14(18-7-13)15(2,3)4/h6-7,10-12H,5,8-9H2,1-4H3. The average Bonchev–Trinajstić information content (AvgIpc) is 2.97. The number of fused-ring (bicyclic) bond motifs is 2. The predicted octanol–water partition coefficient (Wildman–Crippen LogP) is 2.82. The number of likely N-dealkylation sites (tertiary alicyclic amines) is 1. The maximum absolute atomic E-state index is 4.56. The number of hydrogen-bond donors (Lipinski definition) is 0. The monoisotopic (exact) mass is 386 g/mol. The number of anilines is 1. The van der Waals surface area contributed by atoms with E-state index in [-0.39, 0.29) is 5.41 Å². The fraction of sp³-hybridized carbons (Fsp3) is 0.733. The van der Waals surface area contributed by atoms with Crippen molar-refractivity contribution in [2.24, 2.45) is 0 Å². The lowest BCUT2D eigenvalue weighted by atomic mass is 9.96. The second-order valence-electron chi connectivity index (χ2n) is 6.98. The van der Waals surface area contributed by atoms with Gasteiger partial charge in [-0.25, -0.2) is 9.97 Å². The van der Waals surface area contributed by atoms with E-state index >= 15 is 0 Å². The molecule has 0 aromatic carbocycles. The summed E-state index contributed by atoms with van der Waals surface area (Å²) in [6, 6.07) is 1.34. The van der Waals surface area contributed by atoms with E-state index in [0.717, 1.165) is 12.4 Å². The molecule has 3 heterocycles. The summed E-state index contributed by atoms with van der Waals surface area (Å²) in [4.78, 5) is 14.2. The van der Waals surface area contributed by atoms with Crippen molar-refractivity contribution in [3.8, 4) is 0 Å². The Morgan fingerprint density at radius 1 is 1.20 bits per heavy atom. The third-order valence-corrected chi connectivity index (χ3v) is 5.10. The summed E-state index contributed by atoms with van der Waals surface area (Å²) in [6.07, 6.45) is 5.30. The van der Waals surface area contributed by atoms with Gasteiger partial charge in [0.2, 0.25) is 0 Å². The van der Waals surface area contributed by atoms with Gasteiger partial charge in [0.1, 0.15) is 5.82 Å². The minimum atomic E-state index is 0.0238. The van der Waals surface area contributed by atoms with Gasteiger partial charge in [0.25, 0.3) is 0 Å². The molecule has 0 spiro atoms. The number of nitrogens with zero attached hydrogens (tertiary/aromatic N) is 4. The summed E-state index contributed by atoms with van der Waals surface area (Å²) < 4.78 is 0.629. The van der Waals surface area contributed by atoms with Crippen molar-refractivity contribution in [1.29, 1.82) is 0 Å². The van der Waals surface area contributed by atoms with E-state index < -0.39 is 0 Å². The first-order valence-corrected chi connectivity index (χ1v) is 8.60. The summed E-state index contributed by atoms with van der Waals surface area (Å²) >= 11 is 2.52. The van der Waals surface area contributed by atoms with E-state index in [2.05, 4.69) is 70.1 Å². The SMILES string of the molecule is CC(I)N1CC2CC1CN2c1cnc(C(C)(C)C)nc1. The second kappa shape index (κ2) is 5.09. The zero-order valence-electron chi connectivity index (χ0n) is 12.7. The van der Waals surface area contributed by atoms with Crippen molar-refractivity contribution < 1.29 is 0 Å². The van der Waals surface area contributed by atoms with Crippen LogP contribution in [0.25, 0.3) is 0 Å². The van der Waals surface area contributed by atoms with Crippen LogP contribution in [0.2, 0.25) is 0 Å². The molecule has 3 unspecified atom stereocenters. The first-order chi connectivity index (χ1) is 9.36. The molecule has 0 aliphatic carbocycles. The molecule has 0 N–H and O–H groups in total. The zero-order valence-corrected chi connectivity index (χ0v) is 14.8. The van der Waals surface area contributed by atoms with Gasteiger partial charge in [-0.3, -0.25) is 4.90 Å². The average molecular weight is 386 g/mol. The molecule has 0 radical (unpaired) electrons. The predicted molar refractivity (Wildman–Crippen MR) is 90.5 cm³/mol. The lowest BCUT2D eigenvalue weighted by Crippen LogP contribution is -2.48. The molecule has 1 aromatic heterocycles. The zero-order chi connectivity index (χ0) is 14.5. The van der Waals surface area contributed by atoms with E-state index in [1.165, 1.54) is 18.7 Å². The number of hydrogen-bond acceptors (Lipinski definition) is 4. The molecular weight excluding hydrogens is 363 g/mol. The fourth-order valence-corrected chi connectivity index (χ4v) is 3.99. The molecule has 2 aliphatic heterocycles. The van der Waals surface area contributed by atoms with E-state index in [0.29, 0.717) is 16.1 Å². The van der Waals surface area contributed by atoms with Crippen LogP contribution in [0.4, 0.5) is 5.69 Å². The Labute approximate surface area is 135 Å². The molecule has 0 saturated carbocycles. The Hall–Kier alpha value is -0.430. The van der Waals surface area contributed by atoms with Crippen molar-refractivity contribution in [2.75, 3.05) is 18.0 Å².